The molecule has 0 radical (unpaired) electrons. The first-order valence-corrected chi connectivity index (χ1v) is 5.02. The predicted molar refractivity (Wildman–Crippen MR) is 55.9 cm³/mol. The van der Waals surface area contributed by atoms with Crippen molar-refractivity contribution >= 4 is 11.6 Å². The zero-order chi connectivity index (χ0) is 10.3. The summed E-state index contributed by atoms with van der Waals surface area (Å²) in [5.74, 6) is 0.617. The van der Waals surface area contributed by atoms with Gasteiger partial charge in [0.05, 0.1) is 17.7 Å². The summed E-state index contributed by atoms with van der Waals surface area (Å²) in [6.45, 7) is 1.96. The van der Waals surface area contributed by atoms with Crippen LogP contribution in [0.4, 0.5) is 0 Å². The van der Waals surface area contributed by atoms with Gasteiger partial charge in [0.25, 0.3) is 0 Å². The van der Waals surface area contributed by atoms with Crippen LogP contribution in [0.25, 0.3) is 0 Å². The van der Waals surface area contributed by atoms with Crippen LogP contribution < -0.4 is 4.74 Å². The maximum absolute atomic E-state index is 10.1. The van der Waals surface area contributed by atoms with E-state index >= 15 is 0 Å². The molecule has 14 heavy (non-hydrogen) atoms. The predicted octanol–water partition coefficient (Wildman–Crippen LogP) is 2.64. The first kappa shape index (κ1) is 9.81. The van der Waals surface area contributed by atoms with Crippen LogP contribution in [0.15, 0.2) is 12.1 Å². The molecule has 1 fully saturated rings. The van der Waals surface area contributed by atoms with Crippen LogP contribution in [0.5, 0.6) is 5.75 Å². The Balaban J connectivity index is 2.60. The summed E-state index contributed by atoms with van der Waals surface area (Å²) in [6.07, 6.45) is 1.59. The average molecular weight is 213 g/mol. The van der Waals surface area contributed by atoms with Crippen molar-refractivity contribution < 1.29 is 9.84 Å². The van der Waals surface area contributed by atoms with Crippen LogP contribution in [-0.4, -0.2) is 12.2 Å². The number of halogens is 1. The van der Waals surface area contributed by atoms with Gasteiger partial charge >= 0.3 is 0 Å². The summed E-state index contributed by atoms with van der Waals surface area (Å²) in [4.78, 5) is 0. The molecule has 0 amide bonds. The highest BCUT2D eigenvalue weighted by Gasteiger charge is 2.45. The lowest BCUT2D eigenvalue weighted by molar-refractivity contribution is 0.146. The summed E-state index contributed by atoms with van der Waals surface area (Å²) in [5, 5.41) is 10.6. The van der Waals surface area contributed by atoms with Crippen molar-refractivity contribution in [3.8, 4) is 5.75 Å². The Morgan fingerprint density at radius 3 is 2.57 bits per heavy atom. The van der Waals surface area contributed by atoms with Gasteiger partial charge in [0, 0.05) is 5.56 Å². The van der Waals surface area contributed by atoms with Crippen LogP contribution in [0.1, 0.15) is 24.0 Å². The van der Waals surface area contributed by atoms with Crippen molar-refractivity contribution in [2.75, 3.05) is 7.11 Å². The number of hydrogen-bond acceptors (Lipinski definition) is 2. The first-order valence-electron chi connectivity index (χ1n) is 4.64. The van der Waals surface area contributed by atoms with Gasteiger partial charge in [-0.3, -0.25) is 0 Å². The smallest absolute Gasteiger partial charge is 0.143 e. The van der Waals surface area contributed by atoms with Crippen molar-refractivity contribution in [1.82, 2.24) is 0 Å². The molecule has 0 saturated heterocycles. The van der Waals surface area contributed by atoms with Gasteiger partial charge in [0.15, 0.2) is 0 Å². The van der Waals surface area contributed by atoms with E-state index in [0.717, 1.165) is 24.0 Å². The van der Waals surface area contributed by atoms with E-state index in [1.54, 1.807) is 13.2 Å². The number of benzene rings is 1. The molecule has 1 saturated carbocycles. The Bertz CT molecular complexity index is 370. The lowest BCUT2D eigenvalue weighted by atomic mass is 10.0. The van der Waals surface area contributed by atoms with E-state index in [1.807, 2.05) is 13.0 Å². The first-order chi connectivity index (χ1) is 6.58. The Morgan fingerprint density at radius 2 is 2.07 bits per heavy atom. The molecule has 0 atom stereocenters. The van der Waals surface area contributed by atoms with Crippen LogP contribution in [0.3, 0.4) is 0 Å². The molecule has 2 nitrogen and oxygen atoms in total. The molecule has 0 unspecified atom stereocenters. The van der Waals surface area contributed by atoms with Gasteiger partial charge in [0.2, 0.25) is 0 Å². The monoisotopic (exact) mass is 212 g/mol. The fourth-order valence-corrected chi connectivity index (χ4v) is 2.04. The third kappa shape index (κ3) is 1.39. The molecular weight excluding hydrogens is 200 g/mol. The van der Waals surface area contributed by atoms with E-state index < -0.39 is 5.60 Å². The normalized spacial score (nSPS) is 18.0. The van der Waals surface area contributed by atoms with Crippen LogP contribution >= 0.6 is 11.6 Å². The molecule has 1 aromatic carbocycles. The van der Waals surface area contributed by atoms with Crippen molar-refractivity contribution in [3.63, 3.8) is 0 Å². The standard InChI is InChI=1S/C11H13ClO2/c1-7-3-4-8(12)10(14-2)9(7)11(13)5-6-11/h3-4,13H,5-6H2,1-2H3. The third-order valence-electron chi connectivity index (χ3n) is 2.71. The molecule has 2 rings (SSSR count). The zero-order valence-electron chi connectivity index (χ0n) is 8.30. The van der Waals surface area contributed by atoms with Crippen LogP contribution in [0.2, 0.25) is 5.02 Å². The fraction of sp³-hybridized carbons (Fsp3) is 0.455. The molecule has 76 valence electrons. The number of aryl methyl sites for hydroxylation is 1. The second-order valence-corrected chi connectivity index (χ2v) is 4.21. The number of hydrogen-bond donors (Lipinski definition) is 1. The minimum Gasteiger partial charge on any atom is -0.495 e. The highest BCUT2D eigenvalue weighted by molar-refractivity contribution is 6.32. The van der Waals surface area contributed by atoms with Gasteiger partial charge in [-0.2, -0.15) is 0 Å². The second-order valence-electron chi connectivity index (χ2n) is 3.80. The molecular formula is C11H13ClO2. The summed E-state index contributed by atoms with van der Waals surface area (Å²) in [5.41, 5.74) is 1.19. The SMILES string of the molecule is COc1c(Cl)ccc(C)c1C1(O)CC1. The maximum Gasteiger partial charge on any atom is 0.143 e. The van der Waals surface area contributed by atoms with E-state index in [0.29, 0.717) is 10.8 Å². The molecule has 3 heteroatoms. The van der Waals surface area contributed by atoms with Gasteiger partial charge in [-0.05, 0) is 31.4 Å². The molecule has 0 aromatic heterocycles. The Labute approximate surface area is 88.5 Å². The second kappa shape index (κ2) is 3.14. The van der Waals surface area contributed by atoms with E-state index in [9.17, 15) is 5.11 Å². The lowest BCUT2D eigenvalue weighted by Crippen LogP contribution is -2.09. The molecule has 0 heterocycles. The molecule has 1 aliphatic carbocycles. The van der Waals surface area contributed by atoms with E-state index in [1.165, 1.54) is 0 Å². The number of aliphatic hydroxyl groups is 1. The summed E-state index contributed by atoms with van der Waals surface area (Å²) in [7, 11) is 1.58. The maximum atomic E-state index is 10.1. The minimum absolute atomic E-state index is 0.563. The fourth-order valence-electron chi connectivity index (χ4n) is 1.80. The third-order valence-corrected chi connectivity index (χ3v) is 3.01. The van der Waals surface area contributed by atoms with Gasteiger partial charge < -0.3 is 9.84 Å². The van der Waals surface area contributed by atoms with Gasteiger partial charge in [-0.1, -0.05) is 17.7 Å². The van der Waals surface area contributed by atoms with E-state index in [-0.39, 0.29) is 0 Å². The van der Waals surface area contributed by atoms with Gasteiger partial charge in [-0.25, -0.2) is 0 Å². The van der Waals surface area contributed by atoms with E-state index in [2.05, 4.69) is 0 Å². The molecule has 0 aliphatic heterocycles. The minimum atomic E-state index is -0.694. The quantitative estimate of drug-likeness (QED) is 0.817. The summed E-state index contributed by atoms with van der Waals surface area (Å²) < 4.78 is 5.23. The van der Waals surface area contributed by atoms with Crippen molar-refractivity contribution in [2.24, 2.45) is 0 Å². The molecule has 1 aliphatic rings. The number of methoxy groups -OCH3 is 1. The largest absolute Gasteiger partial charge is 0.495 e. The number of rotatable bonds is 2. The highest BCUT2D eigenvalue weighted by Crippen LogP contribution is 2.51. The summed E-state index contributed by atoms with van der Waals surface area (Å²) >= 11 is 6.00. The van der Waals surface area contributed by atoms with Crippen LogP contribution in [-0.2, 0) is 5.60 Å². The van der Waals surface area contributed by atoms with Crippen molar-refractivity contribution in [1.29, 1.82) is 0 Å². The van der Waals surface area contributed by atoms with Crippen molar-refractivity contribution in [3.05, 3.63) is 28.3 Å². The molecule has 1 N–H and O–H groups in total. The average Bonchev–Trinajstić information content (AvgIpc) is 2.88. The molecule has 0 spiro atoms. The molecule has 1 aromatic rings. The Hall–Kier alpha value is -0.730. The lowest BCUT2D eigenvalue weighted by Gasteiger charge is -2.17. The van der Waals surface area contributed by atoms with Gasteiger partial charge in [-0.15, -0.1) is 0 Å². The Kier molecular flexibility index (Phi) is 2.20. The van der Waals surface area contributed by atoms with Crippen molar-refractivity contribution in [2.45, 2.75) is 25.4 Å². The number of ether oxygens (including phenoxy) is 1. The topological polar surface area (TPSA) is 29.5 Å². The Morgan fingerprint density at radius 1 is 1.43 bits per heavy atom. The van der Waals surface area contributed by atoms with E-state index in [4.69, 9.17) is 16.3 Å². The summed E-state index contributed by atoms with van der Waals surface area (Å²) in [6, 6.07) is 3.71. The van der Waals surface area contributed by atoms with Gasteiger partial charge in [0.1, 0.15) is 5.75 Å². The van der Waals surface area contributed by atoms with Crippen LogP contribution in [0, 0.1) is 6.92 Å². The zero-order valence-corrected chi connectivity index (χ0v) is 9.06. The highest BCUT2D eigenvalue weighted by atomic mass is 35.5. The molecule has 0 bridgehead atoms.